The first-order valence-electron chi connectivity index (χ1n) is 8.34. The van der Waals surface area contributed by atoms with E-state index in [1.165, 1.54) is 0 Å². The minimum absolute atomic E-state index is 0.0896. The van der Waals surface area contributed by atoms with Gasteiger partial charge in [-0.2, -0.15) is 0 Å². The van der Waals surface area contributed by atoms with Crippen LogP contribution in [0.3, 0.4) is 0 Å². The van der Waals surface area contributed by atoms with Gasteiger partial charge in [0.05, 0.1) is 5.54 Å². The third-order valence-electron chi connectivity index (χ3n) is 4.75. The Bertz CT molecular complexity index is 515. The number of benzene rings is 1. The third kappa shape index (κ3) is 5.30. The van der Waals surface area contributed by atoms with Gasteiger partial charge in [0.25, 0.3) is 0 Å². The zero-order valence-electron chi connectivity index (χ0n) is 13.8. The third-order valence-corrected chi connectivity index (χ3v) is 5.25. The zero-order chi connectivity index (χ0) is 16.7. The van der Waals surface area contributed by atoms with Crippen molar-refractivity contribution in [2.75, 3.05) is 20.3 Å². The summed E-state index contributed by atoms with van der Waals surface area (Å²) < 4.78 is 6.23. The fourth-order valence-corrected chi connectivity index (χ4v) is 3.78. The van der Waals surface area contributed by atoms with Gasteiger partial charge in [-0.1, -0.05) is 40.9 Å². The molecule has 1 amide bonds. The fraction of sp³-hybridized carbons (Fsp3) is 0.611. The summed E-state index contributed by atoms with van der Waals surface area (Å²) in [6.07, 6.45) is 5.70. The minimum Gasteiger partial charge on any atom is -0.385 e. The number of methoxy groups -OCH3 is 1. The van der Waals surface area contributed by atoms with E-state index in [0.29, 0.717) is 13.2 Å². The Morgan fingerprint density at radius 2 is 2.17 bits per heavy atom. The maximum absolute atomic E-state index is 12.8. The molecule has 0 spiro atoms. The Morgan fingerprint density at radius 3 is 2.78 bits per heavy atom. The van der Waals surface area contributed by atoms with Crippen molar-refractivity contribution in [3.63, 3.8) is 0 Å². The molecular weight excluding hydrogens is 356 g/mol. The highest BCUT2D eigenvalue weighted by atomic mass is 79.9. The average molecular weight is 383 g/mol. The highest BCUT2D eigenvalue weighted by Gasteiger charge is 2.35. The molecule has 0 aliphatic heterocycles. The van der Waals surface area contributed by atoms with Crippen LogP contribution in [-0.2, 0) is 16.0 Å². The molecule has 1 saturated carbocycles. The summed E-state index contributed by atoms with van der Waals surface area (Å²) in [6, 6.07) is 8.13. The number of carbonyl (C=O) groups is 1. The van der Waals surface area contributed by atoms with Crippen LogP contribution >= 0.6 is 15.9 Å². The Labute approximate surface area is 147 Å². The SMILES string of the molecule is COCCC(Cc1cccc(Br)c1)C(=O)NC1(CN)CCCC1. The molecule has 1 aliphatic rings. The second-order valence-electron chi connectivity index (χ2n) is 6.49. The smallest absolute Gasteiger partial charge is 0.224 e. The van der Waals surface area contributed by atoms with Gasteiger partial charge in [-0.05, 0) is 43.4 Å². The molecule has 1 unspecified atom stereocenters. The van der Waals surface area contributed by atoms with Gasteiger partial charge in [0.15, 0.2) is 0 Å². The van der Waals surface area contributed by atoms with Crippen LogP contribution in [0.15, 0.2) is 28.7 Å². The molecule has 23 heavy (non-hydrogen) atoms. The van der Waals surface area contributed by atoms with Crippen molar-refractivity contribution in [1.29, 1.82) is 0 Å². The number of nitrogens with two attached hydrogens (primary N) is 1. The normalized spacial score (nSPS) is 17.9. The second-order valence-corrected chi connectivity index (χ2v) is 7.41. The number of hydrogen-bond donors (Lipinski definition) is 2. The zero-order valence-corrected chi connectivity index (χ0v) is 15.4. The Hall–Kier alpha value is -0.910. The lowest BCUT2D eigenvalue weighted by molar-refractivity contribution is -0.127. The van der Waals surface area contributed by atoms with Crippen LogP contribution in [0.4, 0.5) is 0 Å². The van der Waals surface area contributed by atoms with Crippen LogP contribution in [0, 0.1) is 5.92 Å². The standard InChI is InChI=1S/C18H27BrN2O2/c1-23-10-7-15(11-14-5-4-6-16(19)12-14)17(22)21-18(13-20)8-2-3-9-18/h4-6,12,15H,2-3,7-11,13,20H2,1H3,(H,21,22). The van der Waals surface area contributed by atoms with E-state index >= 15 is 0 Å². The van der Waals surface area contributed by atoms with Gasteiger partial charge >= 0.3 is 0 Å². The lowest BCUT2D eigenvalue weighted by Crippen LogP contribution is -2.53. The molecule has 1 aromatic rings. The van der Waals surface area contributed by atoms with Gasteiger partial charge in [-0.25, -0.2) is 0 Å². The molecule has 1 aromatic carbocycles. The molecule has 0 radical (unpaired) electrons. The van der Waals surface area contributed by atoms with Crippen LogP contribution in [-0.4, -0.2) is 31.7 Å². The molecule has 0 saturated heterocycles. The Balaban J connectivity index is 2.05. The Kier molecular flexibility index (Phi) is 7.06. The molecule has 0 aromatic heterocycles. The monoisotopic (exact) mass is 382 g/mol. The molecule has 1 atom stereocenters. The maximum atomic E-state index is 12.8. The molecule has 1 aliphatic carbocycles. The molecule has 128 valence electrons. The van der Waals surface area contributed by atoms with Crippen molar-refractivity contribution in [2.45, 2.75) is 44.1 Å². The fourth-order valence-electron chi connectivity index (χ4n) is 3.33. The highest BCUT2D eigenvalue weighted by molar-refractivity contribution is 9.10. The lowest BCUT2D eigenvalue weighted by Gasteiger charge is -2.31. The number of halogens is 1. The van der Waals surface area contributed by atoms with Crippen molar-refractivity contribution in [2.24, 2.45) is 11.7 Å². The maximum Gasteiger partial charge on any atom is 0.224 e. The first-order valence-corrected chi connectivity index (χ1v) is 9.13. The van der Waals surface area contributed by atoms with Crippen molar-refractivity contribution in [1.82, 2.24) is 5.32 Å². The molecular formula is C18H27BrN2O2. The number of hydrogen-bond acceptors (Lipinski definition) is 3. The molecule has 1 fully saturated rings. The van der Waals surface area contributed by atoms with E-state index in [0.717, 1.165) is 48.6 Å². The predicted octanol–water partition coefficient (Wildman–Crippen LogP) is 3.03. The first kappa shape index (κ1) is 18.4. The van der Waals surface area contributed by atoms with E-state index in [-0.39, 0.29) is 17.4 Å². The number of carbonyl (C=O) groups excluding carboxylic acids is 1. The van der Waals surface area contributed by atoms with Gasteiger partial charge < -0.3 is 15.8 Å². The summed E-state index contributed by atoms with van der Waals surface area (Å²) >= 11 is 3.49. The van der Waals surface area contributed by atoms with Crippen LogP contribution in [0.2, 0.25) is 0 Å². The first-order chi connectivity index (χ1) is 11.1. The van der Waals surface area contributed by atoms with Crippen molar-refractivity contribution in [3.8, 4) is 0 Å². The van der Waals surface area contributed by atoms with E-state index in [1.54, 1.807) is 7.11 Å². The number of rotatable bonds is 8. The van der Waals surface area contributed by atoms with Crippen LogP contribution < -0.4 is 11.1 Å². The summed E-state index contributed by atoms with van der Waals surface area (Å²) in [4.78, 5) is 12.8. The lowest BCUT2D eigenvalue weighted by atomic mass is 9.92. The van der Waals surface area contributed by atoms with E-state index in [1.807, 2.05) is 12.1 Å². The van der Waals surface area contributed by atoms with E-state index in [4.69, 9.17) is 10.5 Å². The summed E-state index contributed by atoms with van der Waals surface area (Å²) in [5.74, 6) is 0.0163. The van der Waals surface area contributed by atoms with Crippen LogP contribution in [0.1, 0.15) is 37.7 Å². The van der Waals surface area contributed by atoms with Crippen molar-refractivity contribution >= 4 is 21.8 Å². The largest absolute Gasteiger partial charge is 0.385 e. The van der Waals surface area contributed by atoms with Crippen LogP contribution in [0.5, 0.6) is 0 Å². The number of ether oxygens (including phenoxy) is 1. The van der Waals surface area contributed by atoms with Crippen LogP contribution in [0.25, 0.3) is 0 Å². The molecule has 5 heteroatoms. The van der Waals surface area contributed by atoms with Gasteiger partial charge in [-0.15, -0.1) is 0 Å². The van der Waals surface area contributed by atoms with Gasteiger partial charge in [-0.3, -0.25) is 4.79 Å². The van der Waals surface area contributed by atoms with Crippen molar-refractivity contribution in [3.05, 3.63) is 34.3 Å². The predicted molar refractivity (Wildman–Crippen MR) is 96.2 cm³/mol. The summed E-state index contributed by atoms with van der Waals surface area (Å²) in [6.45, 7) is 1.11. The Morgan fingerprint density at radius 1 is 1.43 bits per heavy atom. The topological polar surface area (TPSA) is 64.3 Å². The minimum atomic E-state index is -0.195. The summed E-state index contributed by atoms with van der Waals surface area (Å²) in [5.41, 5.74) is 6.91. The molecule has 0 heterocycles. The van der Waals surface area contributed by atoms with Gasteiger partial charge in [0.1, 0.15) is 0 Å². The quantitative estimate of drug-likeness (QED) is 0.725. The molecule has 2 rings (SSSR count). The average Bonchev–Trinajstić information content (AvgIpc) is 3.00. The van der Waals surface area contributed by atoms with E-state index < -0.39 is 0 Å². The molecule has 0 bridgehead atoms. The summed E-state index contributed by atoms with van der Waals surface area (Å²) in [7, 11) is 1.67. The summed E-state index contributed by atoms with van der Waals surface area (Å²) in [5, 5.41) is 3.25. The van der Waals surface area contributed by atoms with Gasteiger partial charge in [0.2, 0.25) is 5.91 Å². The van der Waals surface area contributed by atoms with Gasteiger partial charge in [0, 0.05) is 30.7 Å². The van der Waals surface area contributed by atoms with Crippen molar-refractivity contribution < 1.29 is 9.53 Å². The highest BCUT2D eigenvalue weighted by Crippen LogP contribution is 2.29. The number of amides is 1. The van der Waals surface area contributed by atoms with E-state index in [2.05, 4.69) is 33.4 Å². The molecule has 3 N–H and O–H groups in total. The number of nitrogens with one attached hydrogen (secondary N) is 1. The second kappa shape index (κ2) is 8.81. The molecule has 4 nitrogen and oxygen atoms in total. The van der Waals surface area contributed by atoms with E-state index in [9.17, 15) is 4.79 Å².